The summed E-state index contributed by atoms with van der Waals surface area (Å²) in [5.74, 6) is 0. The predicted molar refractivity (Wildman–Crippen MR) is 235 cm³/mol. The summed E-state index contributed by atoms with van der Waals surface area (Å²) < 4.78 is 1.12. The van der Waals surface area contributed by atoms with Crippen LogP contribution in [-0.2, 0) is 32.5 Å². The average Bonchev–Trinajstić information content (AvgIpc) is 2.72. The fourth-order valence-corrected chi connectivity index (χ4v) is 6.72. The third kappa shape index (κ3) is 20.6. The van der Waals surface area contributed by atoms with Gasteiger partial charge in [0.05, 0.1) is 0 Å². The first-order valence-electron chi connectivity index (χ1n) is 18.0. The van der Waals surface area contributed by atoms with Gasteiger partial charge in [0.2, 0.25) is 0 Å². The summed E-state index contributed by atoms with van der Waals surface area (Å²) in [6.45, 7) is 54.7. The minimum absolute atomic E-state index is 0.179. The van der Waals surface area contributed by atoms with Gasteiger partial charge in [-0.3, -0.25) is 0 Å². The van der Waals surface area contributed by atoms with E-state index in [2.05, 4.69) is 209 Å². The van der Waals surface area contributed by atoms with E-state index in [1.807, 2.05) is 0 Å². The first-order valence-corrected chi connectivity index (χ1v) is 21.5. The summed E-state index contributed by atoms with van der Waals surface area (Å²) in [6, 6.07) is 9.60. The van der Waals surface area contributed by atoms with Crippen molar-refractivity contribution in [2.45, 2.75) is 207 Å². The third-order valence-electron chi connectivity index (χ3n) is 7.32. The molecule has 0 aliphatic rings. The van der Waals surface area contributed by atoms with Crippen molar-refractivity contribution in [2.24, 2.45) is 0 Å². The number of hydrogen-bond donors (Lipinski definition) is 0. The zero-order chi connectivity index (χ0) is 39.4. The Balaban J connectivity index is 0. The molecule has 4 radical (unpaired) electrons. The Morgan fingerprint density at radius 1 is 0.312 bits per heavy atom. The van der Waals surface area contributed by atoms with Crippen LogP contribution in [0.5, 0.6) is 0 Å². The predicted octanol–water partition coefficient (Wildman–Crippen LogP) is 12.9. The van der Waals surface area contributed by atoms with Crippen molar-refractivity contribution in [3.63, 3.8) is 0 Å². The molecule has 0 bridgehead atoms. The normalized spacial score (nSPS) is 13.4. The van der Waals surface area contributed by atoms with Gasteiger partial charge in [-0.05, 0) is 76.5 Å². The molecule has 2 aromatic carbocycles. The van der Waals surface area contributed by atoms with E-state index in [0.717, 1.165) is 0 Å². The van der Waals surface area contributed by atoms with E-state index in [4.69, 9.17) is 0 Å². The third-order valence-corrected chi connectivity index (χ3v) is 8.57. The van der Waals surface area contributed by atoms with Crippen molar-refractivity contribution in [1.82, 2.24) is 0 Å². The van der Waals surface area contributed by atoms with E-state index in [0.29, 0.717) is 7.94 Å². The molecule has 0 aliphatic carbocycles. The maximum absolute atomic E-state index is 2.98. The number of rotatable bonds is 0. The number of hydrogen-bond acceptors (Lipinski definition) is 0. The molecule has 2 unspecified atom stereocenters. The van der Waals surface area contributed by atoms with E-state index in [1.165, 1.54) is 44.0 Å². The molecule has 0 nitrogen and oxygen atoms in total. The van der Waals surface area contributed by atoms with Crippen molar-refractivity contribution in [3.05, 3.63) is 57.6 Å². The Morgan fingerprint density at radius 2 is 0.438 bits per heavy atom. The monoisotopic (exact) mass is 808 g/mol. The van der Waals surface area contributed by atoms with Crippen molar-refractivity contribution in [2.75, 3.05) is 0 Å². The quantitative estimate of drug-likeness (QED) is 0.184. The van der Waals surface area contributed by atoms with Gasteiger partial charge in [0, 0.05) is 0 Å². The van der Waals surface area contributed by atoms with Crippen LogP contribution in [0.25, 0.3) is 0 Å². The SMILES string of the molecule is CC(C)(C)c1cc(C(C)(C)C)c(P)c(C(C)(C)C)c1.CC(C)(C)c1cc(C(C)(C)C)c(P)c(C(C)(C)C)c1.C[C](C)(C)[Ga].C[C](C)(C)[Ga]. The standard InChI is InChI=1S/2C18H31P.2C4H9.2Ga/c2*1-16(2,3)12-10-13(17(4,5)6)15(19)14(11-12)18(7,8)9;2*1-4(2)3;;/h2*10-11H,19H2,1-9H3;2*1-3H3;;. The van der Waals surface area contributed by atoms with Gasteiger partial charge < -0.3 is 0 Å². The molecule has 0 saturated heterocycles. The molecule has 4 heteroatoms. The zero-order valence-corrected chi connectivity index (χ0v) is 43.8. The van der Waals surface area contributed by atoms with Crippen LogP contribution >= 0.6 is 18.5 Å². The molecule has 0 amide bonds. The molecule has 0 fully saturated rings. The van der Waals surface area contributed by atoms with Crippen LogP contribution in [0, 0.1) is 0 Å². The molecular weight excluding hydrogens is 730 g/mol. The molecule has 2 atom stereocenters. The minimum atomic E-state index is 0.179. The van der Waals surface area contributed by atoms with Crippen LogP contribution in [0.1, 0.15) is 200 Å². The molecule has 272 valence electrons. The van der Waals surface area contributed by atoms with Gasteiger partial charge in [-0.1, -0.05) is 149 Å². The van der Waals surface area contributed by atoms with Crippen molar-refractivity contribution in [1.29, 1.82) is 0 Å². The van der Waals surface area contributed by atoms with Crippen molar-refractivity contribution >= 4 is 66.3 Å². The van der Waals surface area contributed by atoms with Gasteiger partial charge in [-0.2, -0.15) is 0 Å². The van der Waals surface area contributed by atoms with Gasteiger partial charge in [0.15, 0.2) is 0 Å². The summed E-state index contributed by atoms with van der Waals surface area (Å²) in [6.07, 6.45) is 0. The van der Waals surface area contributed by atoms with Crippen LogP contribution in [0.4, 0.5) is 0 Å². The summed E-state index contributed by atoms with van der Waals surface area (Å²) in [7, 11) is 5.96. The summed E-state index contributed by atoms with van der Waals surface area (Å²) in [5.41, 5.74) is 9.79. The molecular formula is C44H80Ga2P2. The van der Waals surface area contributed by atoms with Crippen LogP contribution in [-0.4, -0.2) is 37.2 Å². The van der Waals surface area contributed by atoms with Gasteiger partial charge in [-0.15, -0.1) is 18.5 Å². The van der Waals surface area contributed by atoms with Gasteiger partial charge in [0.25, 0.3) is 0 Å². The topological polar surface area (TPSA) is 0 Å². The fourth-order valence-electron chi connectivity index (χ4n) is 4.65. The Labute approximate surface area is 328 Å². The molecule has 0 aliphatic heterocycles. The molecule has 2 aromatic rings. The molecule has 0 spiro atoms. The zero-order valence-electron chi connectivity index (χ0n) is 36.6. The van der Waals surface area contributed by atoms with Crippen LogP contribution < -0.4 is 10.6 Å². The van der Waals surface area contributed by atoms with E-state index in [-0.39, 0.29) is 32.5 Å². The Morgan fingerprint density at radius 3 is 0.521 bits per heavy atom. The van der Waals surface area contributed by atoms with E-state index >= 15 is 0 Å². The molecule has 2 rings (SSSR count). The molecule has 0 N–H and O–H groups in total. The molecule has 0 saturated carbocycles. The van der Waals surface area contributed by atoms with Crippen LogP contribution in [0.3, 0.4) is 0 Å². The average molecular weight is 811 g/mol. The van der Waals surface area contributed by atoms with E-state index in [9.17, 15) is 0 Å². The van der Waals surface area contributed by atoms with Gasteiger partial charge in [-0.25, -0.2) is 0 Å². The maximum atomic E-state index is 2.98. The summed E-state index contributed by atoms with van der Waals surface area (Å²) >= 11 is 3.58. The number of benzene rings is 2. The summed E-state index contributed by atoms with van der Waals surface area (Å²) in [4.78, 5) is 0. The second kappa shape index (κ2) is 17.6. The molecule has 0 heterocycles. The first-order chi connectivity index (χ1) is 20.5. The van der Waals surface area contributed by atoms with E-state index < -0.39 is 0 Å². The van der Waals surface area contributed by atoms with Crippen molar-refractivity contribution < 1.29 is 0 Å². The Hall–Kier alpha value is 0.573. The van der Waals surface area contributed by atoms with E-state index in [1.54, 1.807) is 37.2 Å². The van der Waals surface area contributed by atoms with Gasteiger partial charge in [0.1, 0.15) is 0 Å². The van der Waals surface area contributed by atoms with Crippen molar-refractivity contribution in [3.8, 4) is 0 Å². The van der Waals surface area contributed by atoms with Gasteiger partial charge >= 0.3 is 86.7 Å². The second-order valence-electron chi connectivity index (χ2n) is 22.2. The fraction of sp³-hybridized carbons (Fsp3) is 0.727. The Kier molecular flexibility index (Phi) is 18.6. The molecule has 0 aromatic heterocycles. The van der Waals surface area contributed by atoms with Crippen LogP contribution in [0.15, 0.2) is 24.3 Å². The first kappa shape index (κ1) is 50.7. The Bertz CT molecular complexity index is 1110. The molecule has 48 heavy (non-hydrogen) atoms. The summed E-state index contributed by atoms with van der Waals surface area (Å²) in [5, 5.41) is 2.76. The second-order valence-corrected chi connectivity index (χ2v) is 30.6. The van der Waals surface area contributed by atoms with Crippen LogP contribution in [0.2, 0.25) is 7.94 Å².